The molecule has 2 heterocycles. The summed E-state index contributed by atoms with van der Waals surface area (Å²) >= 11 is 1.15. The largest absolute Gasteiger partial charge is 0.360 e. The van der Waals surface area contributed by atoms with Crippen LogP contribution in [-0.4, -0.2) is 31.4 Å². The third-order valence-corrected chi connectivity index (χ3v) is 5.94. The van der Waals surface area contributed by atoms with Gasteiger partial charge in [-0.25, -0.2) is 8.78 Å². The maximum absolute atomic E-state index is 13.8. The van der Waals surface area contributed by atoms with Gasteiger partial charge in [0.2, 0.25) is 5.91 Å². The number of amides is 1. The summed E-state index contributed by atoms with van der Waals surface area (Å²) in [5.41, 5.74) is 2.48. The van der Waals surface area contributed by atoms with Crippen molar-refractivity contribution in [3.05, 3.63) is 90.6 Å². The minimum atomic E-state index is -0.705. The fourth-order valence-electron chi connectivity index (χ4n) is 3.51. The number of benzene rings is 3. The van der Waals surface area contributed by atoms with Gasteiger partial charge in [0.05, 0.1) is 11.4 Å². The number of aromatic nitrogens is 4. The molecule has 5 rings (SSSR count). The number of hydrogen-bond donors (Lipinski definition) is 2. The molecule has 0 radical (unpaired) electrons. The van der Waals surface area contributed by atoms with E-state index in [0.29, 0.717) is 11.0 Å². The lowest BCUT2D eigenvalue weighted by molar-refractivity contribution is -0.113. The topological polar surface area (TPSA) is 75.6 Å². The molecule has 0 spiro atoms. The van der Waals surface area contributed by atoms with Gasteiger partial charge in [-0.05, 0) is 30.3 Å². The van der Waals surface area contributed by atoms with Gasteiger partial charge in [0.15, 0.2) is 11.0 Å². The van der Waals surface area contributed by atoms with Gasteiger partial charge in [-0.1, -0.05) is 48.2 Å². The second kappa shape index (κ2) is 8.87. The third kappa shape index (κ3) is 4.22. The molecule has 0 aliphatic rings. The van der Waals surface area contributed by atoms with E-state index in [-0.39, 0.29) is 11.4 Å². The monoisotopic (exact) mass is 461 g/mol. The van der Waals surface area contributed by atoms with Crippen LogP contribution >= 0.6 is 11.8 Å². The summed E-state index contributed by atoms with van der Waals surface area (Å²) in [7, 11) is 0. The van der Waals surface area contributed by atoms with Crippen molar-refractivity contribution >= 4 is 34.3 Å². The number of hydrogen-bond acceptors (Lipinski definition) is 4. The molecule has 1 amide bonds. The van der Waals surface area contributed by atoms with Crippen LogP contribution in [0.4, 0.5) is 14.5 Å². The molecule has 0 aliphatic carbocycles. The van der Waals surface area contributed by atoms with Gasteiger partial charge in [0.25, 0.3) is 0 Å². The average molecular weight is 461 g/mol. The molecule has 9 heteroatoms. The van der Waals surface area contributed by atoms with Crippen LogP contribution in [-0.2, 0) is 4.79 Å². The Morgan fingerprint density at radius 3 is 2.64 bits per heavy atom. The summed E-state index contributed by atoms with van der Waals surface area (Å²) in [6, 6.07) is 20.4. The molecule has 0 aliphatic heterocycles. The predicted molar refractivity (Wildman–Crippen MR) is 124 cm³/mol. The molecule has 0 unspecified atom stereocenters. The number of carbonyl (C=O) groups is 1. The van der Waals surface area contributed by atoms with Crippen LogP contribution < -0.4 is 5.32 Å². The number of thioether (sulfide) groups is 1. The summed E-state index contributed by atoms with van der Waals surface area (Å²) < 4.78 is 29.1. The summed E-state index contributed by atoms with van der Waals surface area (Å²) in [6.45, 7) is 0. The average Bonchev–Trinajstić information content (AvgIpc) is 3.44. The number of H-pyrrole nitrogens is 1. The Balaban J connectivity index is 1.46. The first-order valence-electron chi connectivity index (χ1n) is 10.0. The van der Waals surface area contributed by atoms with Crippen molar-refractivity contribution in [2.75, 3.05) is 11.1 Å². The highest BCUT2D eigenvalue weighted by Gasteiger charge is 2.20. The minimum absolute atomic E-state index is 0.0607. The minimum Gasteiger partial charge on any atom is -0.360 e. The molecular formula is C24H17F2N5OS. The number of rotatable bonds is 6. The molecule has 2 aromatic heterocycles. The van der Waals surface area contributed by atoms with E-state index >= 15 is 0 Å². The molecule has 5 aromatic rings. The van der Waals surface area contributed by atoms with Crippen LogP contribution in [0.3, 0.4) is 0 Å². The van der Waals surface area contributed by atoms with Crippen molar-refractivity contribution in [2.24, 2.45) is 0 Å². The van der Waals surface area contributed by atoms with E-state index in [1.807, 2.05) is 65.4 Å². The normalized spacial score (nSPS) is 11.1. The van der Waals surface area contributed by atoms with E-state index in [4.69, 9.17) is 0 Å². The molecule has 0 fully saturated rings. The number of fused-ring (bicyclic) bond motifs is 1. The van der Waals surface area contributed by atoms with Crippen molar-refractivity contribution in [1.82, 2.24) is 19.7 Å². The van der Waals surface area contributed by atoms with Gasteiger partial charge in [-0.15, -0.1) is 10.2 Å². The van der Waals surface area contributed by atoms with Crippen LogP contribution in [0.2, 0.25) is 0 Å². The van der Waals surface area contributed by atoms with E-state index in [1.165, 1.54) is 0 Å². The maximum atomic E-state index is 13.8. The van der Waals surface area contributed by atoms with Crippen molar-refractivity contribution < 1.29 is 13.6 Å². The first-order chi connectivity index (χ1) is 16.1. The Bertz CT molecular complexity index is 1450. The van der Waals surface area contributed by atoms with Gasteiger partial charge in [0, 0.05) is 34.4 Å². The number of anilines is 1. The van der Waals surface area contributed by atoms with E-state index < -0.39 is 17.5 Å². The molecule has 164 valence electrons. The number of halogens is 2. The number of nitrogens with one attached hydrogen (secondary N) is 2. The SMILES string of the molecule is O=C(CSc1nnc(-c2c[nH]c3ccccc23)n1-c1ccccc1)Nc1cc(F)ccc1F. The van der Waals surface area contributed by atoms with Crippen LogP contribution in [0.5, 0.6) is 0 Å². The quantitative estimate of drug-likeness (QED) is 0.331. The van der Waals surface area contributed by atoms with E-state index in [0.717, 1.165) is 52.1 Å². The smallest absolute Gasteiger partial charge is 0.234 e. The van der Waals surface area contributed by atoms with Crippen LogP contribution in [0.15, 0.2) is 84.1 Å². The van der Waals surface area contributed by atoms with Crippen LogP contribution in [0.1, 0.15) is 0 Å². The second-order valence-electron chi connectivity index (χ2n) is 7.19. The molecule has 33 heavy (non-hydrogen) atoms. The fourth-order valence-corrected chi connectivity index (χ4v) is 4.27. The van der Waals surface area contributed by atoms with Gasteiger partial charge >= 0.3 is 0 Å². The zero-order valence-corrected chi connectivity index (χ0v) is 17.9. The Hall–Kier alpha value is -3.98. The van der Waals surface area contributed by atoms with Crippen molar-refractivity contribution in [3.63, 3.8) is 0 Å². The second-order valence-corrected chi connectivity index (χ2v) is 8.13. The first kappa shape index (κ1) is 20.9. The third-order valence-electron chi connectivity index (χ3n) is 5.01. The molecular weight excluding hydrogens is 444 g/mol. The number of carbonyl (C=O) groups excluding carboxylic acids is 1. The zero-order chi connectivity index (χ0) is 22.8. The molecule has 2 N–H and O–H groups in total. The first-order valence-corrected chi connectivity index (χ1v) is 11.0. The molecule has 3 aromatic carbocycles. The van der Waals surface area contributed by atoms with Crippen molar-refractivity contribution in [1.29, 1.82) is 0 Å². The van der Waals surface area contributed by atoms with E-state index in [2.05, 4.69) is 20.5 Å². The van der Waals surface area contributed by atoms with Crippen LogP contribution in [0, 0.1) is 11.6 Å². The van der Waals surface area contributed by atoms with E-state index in [1.54, 1.807) is 0 Å². The maximum Gasteiger partial charge on any atom is 0.234 e. The fraction of sp³-hybridized carbons (Fsp3) is 0.0417. The highest BCUT2D eigenvalue weighted by atomic mass is 32.2. The van der Waals surface area contributed by atoms with Gasteiger partial charge in [-0.2, -0.15) is 0 Å². The van der Waals surface area contributed by atoms with Gasteiger partial charge in [-0.3, -0.25) is 9.36 Å². The lowest BCUT2D eigenvalue weighted by atomic mass is 10.1. The van der Waals surface area contributed by atoms with Crippen LogP contribution in [0.25, 0.3) is 28.0 Å². The molecule has 0 saturated carbocycles. The number of para-hydroxylation sites is 2. The lowest BCUT2D eigenvalue weighted by Crippen LogP contribution is -2.15. The summed E-state index contributed by atoms with van der Waals surface area (Å²) in [5.74, 6) is -1.26. The van der Waals surface area contributed by atoms with Crippen molar-refractivity contribution in [2.45, 2.75) is 5.16 Å². The number of aromatic amines is 1. The zero-order valence-electron chi connectivity index (χ0n) is 17.1. The predicted octanol–water partition coefficient (Wildman–Crippen LogP) is 5.42. The highest BCUT2D eigenvalue weighted by Crippen LogP contribution is 2.32. The molecule has 0 bridgehead atoms. The lowest BCUT2D eigenvalue weighted by Gasteiger charge is -2.10. The Kier molecular flexibility index (Phi) is 5.62. The number of nitrogens with zero attached hydrogens (tertiary/aromatic N) is 3. The van der Waals surface area contributed by atoms with Gasteiger partial charge < -0.3 is 10.3 Å². The van der Waals surface area contributed by atoms with Gasteiger partial charge in [0.1, 0.15) is 11.6 Å². The van der Waals surface area contributed by atoms with Crippen molar-refractivity contribution in [3.8, 4) is 17.1 Å². The Morgan fingerprint density at radius 1 is 1.00 bits per heavy atom. The van der Waals surface area contributed by atoms with E-state index in [9.17, 15) is 13.6 Å². The summed E-state index contributed by atoms with van der Waals surface area (Å²) in [5, 5.41) is 12.6. The Morgan fingerprint density at radius 2 is 1.79 bits per heavy atom. The molecule has 6 nitrogen and oxygen atoms in total. The highest BCUT2D eigenvalue weighted by molar-refractivity contribution is 7.99. The Labute approximate surface area is 191 Å². The molecule has 0 saturated heterocycles. The summed E-state index contributed by atoms with van der Waals surface area (Å²) in [4.78, 5) is 15.7. The standard InChI is InChI=1S/C24H17F2N5OS/c25-15-10-11-19(26)21(12-15)28-22(32)14-33-24-30-29-23(31(24)16-6-2-1-3-7-16)18-13-27-20-9-5-4-8-17(18)20/h1-13,27H,14H2,(H,28,32). The summed E-state index contributed by atoms with van der Waals surface area (Å²) in [6.07, 6.45) is 1.88. The molecule has 0 atom stereocenters.